The molecule has 0 saturated carbocycles. The first-order valence-corrected chi connectivity index (χ1v) is 2.82. The highest BCUT2D eigenvalue weighted by atomic mass is 127. The Kier molecular flexibility index (Phi) is 5.25. The third kappa shape index (κ3) is 4.65. The van der Waals surface area contributed by atoms with Crippen molar-refractivity contribution in [2.24, 2.45) is 0 Å². The Bertz CT molecular complexity index is 17.1. The van der Waals surface area contributed by atoms with Gasteiger partial charge in [-0.2, -0.15) is 0 Å². The molecule has 0 aliphatic heterocycles. The van der Waals surface area contributed by atoms with Crippen molar-refractivity contribution in [1.82, 2.24) is 5.32 Å². The van der Waals surface area contributed by atoms with E-state index in [2.05, 4.69) is 27.9 Å². The molecule has 0 fully saturated rings. The predicted octanol–water partition coefficient (Wildman–Crippen LogP) is -0.0817. The van der Waals surface area contributed by atoms with Gasteiger partial charge in [-0.05, 0) is 0 Å². The lowest BCUT2D eigenvalue weighted by Gasteiger charge is -1.84. The molecule has 2 N–H and O–H groups in total. The molecule has 0 aromatic carbocycles. The average Bonchev–Trinajstić information content (AvgIpc) is 1.41. The van der Waals surface area contributed by atoms with Gasteiger partial charge in [0.25, 0.3) is 0 Å². The number of hydrogen-bond donors (Lipinski definition) is 2. The van der Waals surface area contributed by atoms with Gasteiger partial charge in [0.05, 0.1) is 6.73 Å². The quantitative estimate of drug-likeness (QED) is 0.274. The largest absolute Gasteiger partial charge is 0.381 e. The van der Waals surface area contributed by atoms with E-state index in [0.717, 1.165) is 4.55 Å². The number of nitrogens with one attached hydrogen (secondary N) is 1. The van der Waals surface area contributed by atoms with E-state index in [1.807, 2.05) is 0 Å². The first-order chi connectivity index (χ1) is 2.41. The highest BCUT2D eigenvalue weighted by molar-refractivity contribution is 14.1. The van der Waals surface area contributed by atoms with Crippen LogP contribution in [-0.2, 0) is 0 Å². The molecule has 5 heavy (non-hydrogen) atoms. The molecular weight excluding hydrogens is 181 g/mol. The monoisotopic (exact) mass is 187 g/mol. The van der Waals surface area contributed by atoms with E-state index in [1.54, 1.807) is 0 Å². The number of rotatable bonds is 2. The van der Waals surface area contributed by atoms with Gasteiger partial charge in [-0.1, -0.05) is 22.6 Å². The Balaban J connectivity index is 2.19. The van der Waals surface area contributed by atoms with Crippen molar-refractivity contribution < 1.29 is 5.11 Å². The molecule has 0 aromatic rings. The van der Waals surface area contributed by atoms with Crippen LogP contribution >= 0.6 is 22.6 Å². The molecule has 0 unspecified atom stereocenters. The Morgan fingerprint density at radius 2 is 2.40 bits per heavy atom. The van der Waals surface area contributed by atoms with Crippen LogP contribution in [0, 0.1) is 0 Å². The first-order valence-electron chi connectivity index (χ1n) is 1.29. The maximum Gasteiger partial charge on any atom is 0.0937 e. The predicted molar refractivity (Wildman–Crippen MR) is 29.1 cm³/mol. The summed E-state index contributed by atoms with van der Waals surface area (Å²) in [5.74, 6) is 0. The van der Waals surface area contributed by atoms with Crippen LogP contribution < -0.4 is 5.32 Å². The van der Waals surface area contributed by atoms with Crippen LogP contribution in [0.3, 0.4) is 0 Å². The normalized spacial score (nSPS) is 8.40. The number of aliphatic hydroxyl groups is 1. The van der Waals surface area contributed by atoms with Gasteiger partial charge in [-0.3, -0.25) is 5.32 Å². The lowest BCUT2D eigenvalue weighted by Crippen LogP contribution is -2.10. The molecule has 3 heteroatoms. The molecule has 0 aliphatic rings. The number of halogens is 1. The molecule has 0 aliphatic carbocycles. The van der Waals surface area contributed by atoms with E-state index in [-0.39, 0.29) is 6.73 Å². The fraction of sp³-hybridized carbons (Fsp3) is 1.00. The minimum absolute atomic E-state index is 0.0862. The van der Waals surface area contributed by atoms with Crippen molar-refractivity contribution in [1.29, 1.82) is 0 Å². The summed E-state index contributed by atoms with van der Waals surface area (Å²) in [4.78, 5) is 0. The summed E-state index contributed by atoms with van der Waals surface area (Å²) in [6.07, 6.45) is 0. The van der Waals surface area contributed by atoms with Crippen molar-refractivity contribution in [3.05, 3.63) is 0 Å². The van der Waals surface area contributed by atoms with Crippen LogP contribution in [0.15, 0.2) is 0 Å². The number of hydrogen-bond acceptors (Lipinski definition) is 2. The first kappa shape index (κ1) is 5.65. The molecule has 0 atom stereocenters. The maximum atomic E-state index is 7.95. The second-order valence-electron chi connectivity index (χ2n) is 0.542. The highest BCUT2D eigenvalue weighted by Gasteiger charge is 1.65. The van der Waals surface area contributed by atoms with E-state index in [0.29, 0.717) is 0 Å². The summed E-state index contributed by atoms with van der Waals surface area (Å²) in [6.45, 7) is 0.0862. The zero-order chi connectivity index (χ0) is 4.12. The molecule has 0 saturated heterocycles. The smallest absolute Gasteiger partial charge is 0.0937 e. The van der Waals surface area contributed by atoms with Gasteiger partial charge < -0.3 is 5.11 Å². The van der Waals surface area contributed by atoms with E-state index in [1.165, 1.54) is 0 Å². The van der Waals surface area contributed by atoms with E-state index < -0.39 is 0 Å². The van der Waals surface area contributed by atoms with E-state index in [9.17, 15) is 0 Å². The van der Waals surface area contributed by atoms with Crippen molar-refractivity contribution in [3.63, 3.8) is 0 Å². The molecule has 0 aromatic heterocycles. The topological polar surface area (TPSA) is 32.3 Å². The molecule has 0 amide bonds. The zero-order valence-corrected chi connectivity index (χ0v) is 4.90. The van der Waals surface area contributed by atoms with Crippen LogP contribution in [0.2, 0.25) is 0 Å². The van der Waals surface area contributed by atoms with Gasteiger partial charge in [0, 0.05) is 4.55 Å². The van der Waals surface area contributed by atoms with Crippen LogP contribution in [-0.4, -0.2) is 16.4 Å². The molecule has 0 bridgehead atoms. The standard InChI is InChI=1S/C2H6INO/c3-1-4-2-5/h4-5H,1-2H2. The van der Waals surface area contributed by atoms with Gasteiger partial charge in [-0.15, -0.1) is 0 Å². The van der Waals surface area contributed by atoms with Gasteiger partial charge in [-0.25, -0.2) is 0 Å². The van der Waals surface area contributed by atoms with Crippen LogP contribution in [0.25, 0.3) is 0 Å². The Hall–Kier alpha value is 0.650. The zero-order valence-electron chi connectivity index (χ0n) is 2.74. The Labute approximate surface area is 44.7 Å². The van der Waals surface area contributed by atoms with Gasteiger partial charge in [0.1, 0.15) is 0 Å². The lowest BCUT2D eigenvalue weighted by molar-refractivity contribution is 0.272. The van der Waals surface area contributed by atoms with Gasteiger partial charge in [0.15, 0.2) is 0 Å². The lowest BCUT2D eigenvalue weighted by atomic mass is 11.2. The molecule has 2 nitrogen and oxygen atoms in total. The number of aliphatic hydroxyl groups excluding tert-OH is 1. The molecular formula is C2H6INO. The van der Waals surface area contributed by atoms with Crippen LogP contribution in [0.4, 0.5) is 0 Å². The fourth-order valence-electron chi connectivity index (χ4n) is 0.0423. The van der Waals surface area contributed by atoms with Crippen molar-refractivity contribution in [2.45, 2.75) is 0 Å². The van der Waals surface area contributed by atoms with E-state index >= 15 is 0 Å². The summed E-state index contributed by atoms with van der Waals surface area (Å²) in [5.41, 5.74) is 0. The van der Waals surface area contributed by atoms with Crippen LogP contribution in [0.5, 0.6) is 0 Å². The van der Waals surface area contributed by atoms with Crippen LogP contribution in [0.1, 0.15) is 0 Å². The average molecular weight is 187 g/mol. The SMILES string of the molecule is OCNCI. The second kappa shape index (κ2) is 4.65. The summed E-state index contributed by atoms with van der Waals surface area (Å²) < 4.78 is 0.814. The summed E-state index contributed by atoms with van der Waals surface area (Å²) >= 11 is 2.12. The minimum atomic E-state index is 0.0862. The molecule has 32 valence electrons. The maximum absolute atomic E-state index is 7.95. The highest BCUT2D eigenvalue weighted by Crippen LogP contribution is 1.67. The molecule has 0 heterocycles. The van der Waals surface area contributed by atoms with Crippen molar-refractivity contribution >= 4 is 22.6 Å². The fourth-order valence-corrected chi connectivity index (χ4v) is 0.283. The summed E-state index contributed by atoms with van der Waals surface area (Å²) in [5, 5.41) is 10.6. The second-order valence-corrected chi connectivity index (χ2v) is 1.30. The summed E-state index contributed by atoms with van der Waals surface area (Å²) in [7, 11) is 0. The van der Waals surface area contributed by atoms with Crippen molar-refractivity contribution in [2.75, 3.05) is 11.3 Å². The molecule has 0 rings (SSSR count). The van der Waals surface area contributed by atoms with Crippen molar-refractivity contribution in [3.8, 4) is 0 Å². The molecule has 0 spiro atoms. The number of alkyl halides is 1. The van der Waals surface area contributed by atoms with Gasteiger partial charge in [0.2, 0.25) is 0 Å². The Morgan fingerprint density at radius 1 is 1.80 bits per heavy atom. The molecule has 0 radical (unpaired) electrons. The Morgan fingerprint density at radius 3 is 2.40 bits per heavy atom. The van der Waals surface area contributed by atoms with Gasteiger partial charge >= 0.3 is 0 Å². The van der Waals surface area contributed by atoms with E-state index in [4.69, 9.17) is 5.11 Å². The minimum Gasteiger partial charge on any atom is -0.381 e. The third-order valence-corrected chi connectivity index (χ3v) is 0.746. The summed E-state index contributed by atoms with van der Waals surface area (Å²) in [6, 6.07) is 0. The third-order valence-electron chi connectivity index (χ3n) is 0.206.